The maximum absolute atomic E-state index is 12.3. The largest absolute Gasteiger partial charge is 0.392 e. The van der Waals surface area contributed by atoms with Crippen LogP contribution in [0.3, 0.4) is 0 Å². The fourth-order valence-corrected chi connectivity index (χ4v) is 4.16. The summed E-state index contributed by atoms with van der Waals surface area (Å²) in [7, 11) is -3.63. The van der Waals surface area contributed by atoms with E-state index in [1.54, 1.807) is 31.2 Å². The molecule has 108 valence electrons. The van der Waals surface area contributed by atoms with Crippen LogP contribution in [0.2, 0.25) is 4.34 Å². The second kappa shape index (κ2) is 6.24. The van der Waals surface area contributed by atoms with E-state index < -0.39 is 10.0 Å². The third-order valence-corrected chi connectivity index (χ3v) is 5.70. The minimum Gasteiger partial charge on any atom is -0.392 e. The van der Waals surface area contributed by atoms with E-state index in [-0.39, 0.29) is 17.5 Å². The van der Waals surface area contributed by atoms with Crippen molar-refractivity contribution in [3.05, 3.63) is 51.2 Å². The molecule has 0 saturated carbocycles. The number of aliphatic hydroxyl groups is 1. The van der Waals surface area contributed by atoms with E-state index in [1.165, 1.54) is 23.5 Å². The normalized spacial score (nSPS) is 13.3. The summed E-state index contributed by atoms with van der Waals surface area (Å²) >= 11 is 7.18. The summed E-state index contributed by atoms with van der Waals surface area (Å²) in [4.78, 5) is 0.982. The van der Waals surface area contributed by atoms with Gasteiger partial charge in [0.05, 0.1) is 21.9 Å². The van der Waals surface area contributed by atoms with Crippen molar-refractivity contribution < 1.29 is 13.5 Å². The van der Waals surface area contributed by atoms with Crippen LogP contribution in [0.15, 0.2) is 41.3 Å². The van der Waals surface area contributed by atoms with E-state index in [9.17, 15) is 8.42 Å². The van der Waals surface area contributed by atoms with Gasteiger partial charge >= 0.3 is 0 Å². The molecule has 1 aromatic carbocycles. The SMILES string of the molecule is CC(NS(=O)(=O)c1cccc(CO)c1)c1ccc(Cl)s1. The van der Waals surface area contributed by atoms with Crippen molar-refractivity contribution in [1.29, 1.82) is 0 Å². The molecule has 1 heterocycles. The molecular weight excluding hydrogens is 318 g/mol. The Labute approximate surface area is 127 Å². The summed E-state index contributed by atoms with van der Waals surface area (Å²) in [5, 5.41) is 9.06. The number of hydrogen-bond donors (Lipinski definition) is 2. The minimum absolute atomic E-state index is 0.138. The van der Waals surface area contributed by atoms with Crippen molar-refractivity contribution in [2.45, 2.75) is 24.5 Å². The molecule has 1 aromatic heterocycles. The van der Waals surface area contributed by atoms with E-state index in [0.29, 0.717) is 9.90 Å². The Balaban J connectivity index is 2.22. The molecule has 0 bridgehead atoms. The lowest BCUT2D eigenvalue weighted by Gasteiger charge is -2.13. The van der Waals surface area contributed by atoms with Crippen LogP contribution in [0.25, 0.3) is 0 Å². The zero-order chi connectivity index (χ0) is 14.8. The molecule has 2 rings (SSSR count). The molecule has 0 spiro atoms. The molecular formula is C13H14ClNO3S2. The smallest absolute Gasteiger partial charge is 0.241 e. The Morgan fingerprint density at radius 2 is 2.10 bits per heavy atom. The van der Waals surface area contributed by atoms with Crippen LogP contribution in [0, 0.1) is 0 Å². The number of sulfonamides is 1. The van der Waals surface area contributed by atoms with Crippen LogP contribution in [-0.2, 0) is 16.6 Å². The summed E-state index contributed by atoms with van der Waals surface area (Å²) in [5.41, 5.74) is 0.555. The van der Waals surface area contributed by atoms with Crippen LogP contribution in [-0.4, -0.2) is 13.5 Å². The molecule has 0 fully saturated rings. The zero-order valence-corrected chi connectivity index (χ0v) is 13.1. The van der Waals surface area contributed by atoms with E-state index in [4.69, 9.17) is 16.7 Å². The van der Waals surface area contributed by atoms with Gasteiger partial charge in [0, 0.05) is 4.88 Å². The Morgan fingerprint density at radius 1 is 1.35 bits per heavy atom. The lowest BCUT2D eigenvalue weighted by atomic mass is 10.2. The van der Waals surface area contributed by atoms with Crippen molar-refractivity contribution in [2.75, 3.05) is 0 Å². The van der Waals surface area contributed by atoms with E-state index in [1.807, 2.05) is 0 Å². The molecule has 1 atom stereocenters. The Hall–Kier alpha value is -0.920. The highest BCUT2D eigenvalue weighted by Gasteiger charge is 2.19. The van der Waals surface area contributed by atoms with Gasteiger partial charge in [-0.3, -0.25) is 0 Å². The van der Waals surface area contributed by atoms with Gasteiger partial charge in [-0.15, -0.1) is 11.3 Å². The molecule has 7 heteroatoms. The monoisotopic (exact) mass is 331 g/mol. The van der Waals surface area contributed by atoms with Crippen LogP contribution in [0.1, 0.15) is 23.4 Å². The molecule has 0 saturated heterocycles. The van der Waals surface area contributed by atoms with Crippen LogP contribution in [0.5, 0.6) is 0 Å². The molecule has 0 aliphatic carbocycles. The summed E-state index contributed by atoms with van der Waals surface area (Å²) in [6.07, 6.45) is 0. The van der Waals surface area contributed by atoms with Crippen LogP contribution in [0.4, 0.5) is 0 Å². The summed E-state index contributed by atoms with van der Waals surface area (Å²) in [6.45, 7) is 1.56. The molecule has 1 unspecified atom stereocenters. The molecule has 2 aromatic rings. The highest BCUT2D eigenvalue weighted by Crippen LogP contribution is 2.27. The van der Waals surface area contributed by atoms with Gasteiger partial charge in [-0.05, 0) is 36.8 Å². The first-order chi connectivity index (χ1) is 9.42. The number of thiophene rings is 1. The highest BCUT2D eigenvalue weighted by atomic mass is 35.5. The average Bonchev–Trinajstić information content (AvgIpc) is 2.85. The van der Waals surface area contributed by atoms with Crippen molar-refractivity contribution in [3.8, 4) is 0 Å². The average molecular weight is 332 g/mol. The van der Waals surface area contributed by atoms with E-state index in [2.05, 4.69) is 4.72 Å². The van der Waals surface area contributed by atoms with Crippen LogP contribution < -0.4 is 4.72 Å². The van der Waals surface area contributed by atoms with Gasteiger partial charge in [0.2, 0.25) is 10.0 Å². The Morgan fingerprint density at radius 3 is 2.70 bits per heavy atom. The standard InChI is InChI=1S/C13H14ClNO3S2/c1-9(12-5-6-13(14)19-12)15-20(17,18)11-4-2-3-10(7-11)8-16/h2-7,9,15-16H,8H2,1H3. The van der Waals surface area contributed by atoms with E-state index >= 15 is 0 Å². The number of benzene rings is 1. The number of halogens is 1. The van der Waals surface area contributed by atoms with E-state index in [0.717, 1.165) is 4.88 Å². The fraction of sp³-hybridized carbons (Fsp3) is 0.231. The first-order valence-electron chi connectivity index (χ1n) is 5.90. The predicted octanol–water partition coefficient (Wildman–Crippen LogP) is 2.93. The van der Waals surface area contributed by atoms with Gasteiger partial charge < -0.3 is 5.11 Å². The topological polar surface area (TPSA) is 66.4 Å². The quantitative estimate of drug-likeness (QED) is 0.885. The molecule has 0 aliphatic heterocycles. The summed E-state index contributed by atoms with van der Waals surface area (Å²) < 4.78 is 27.8. The molecule has 0 amide bonds. The Bertz CT molecular complexity index is 697. The Kier molecular flexibility index (Phi) is 4.82. The number of aliphatic hydroxyl groups excluding tert-OH is 1. The van der Waals surface area contributed by atoms with Crippen molar-refractivity contribution in [1.82, 2.24) is 4.72 Å². The third-order valence-electron chi connectivity index (χ3n) is 2.74. The van der Waals surface area contributed by atoms with Gasteiger partial charge in [0.1, 0.15) is 0 Å². The van der Waals surface area contributed by atoms with Gasteiger partial charge in [-0.1, -0.05) is 23.7 Å². The number of nitrogens with one attached hydrogen (secondary N) is 1. The number of hydrogen-bond acceptors (Lipinski definition) is 4. The molecule has 4 nitrogen and oxygen atoms in total. The molecule has 0 radical (unpaired) electrons. The van der Waals surface area contributed by atoms with Gasteiger partial charge in [-0.2, -0.15) is 0 Å². The first-order valence-corrected chi connectivity index (χ1v) is 8.57. The fourth-order valence-electron chi connectivity index (χ4n) is 1.73. The minimum atomic E-state index is -3.63. The second-order valence-corrected chi connectivity index (χ2v) is 7.75. The third kappa shape index (κ3) is 3.59. The van der Waals surface area contributed by atoms with Crippen molar-refractivity contribution in [2.24, 2.45) is 0 Å². The second-order valence-electron chi connectivity index (χ2n) is 4.29. The summed E-state index contributed by atoms with van der Waals surface area (Å²) in [5.74, 6) is 0. The summed E-state index contributed by atoms with van der Waals surface area (Å²) in [6, 6.07) is 9.39. The maximum Gasteiger partial charge on any atom is 0.241 e. The van der Waals surface area contributed by atoms with Crippen molar-refractivity contribution >= 4 is 33.0 Å². The van der Waals surface area contributed by atoms with Crippen LogP contribution >= 0.6 is 22.9 Å². The lowest BCUT2D eigenvalue weighted by Crippen LogP contribution is -2.26. The maximum atomic E-state index is 12.3. The first kappa shape index (κ1) is 15.5. The van der Waals surface area contributed by atoms with Gasteiger partial charge in [0.25, 0.3) is 0 Å². The van der Waals surface area contributed by atoms with Gasteiger partial charge in [0.15, 0.2) is 0 Å². The lowest BCUT2D eigenvalue weighted by molar-refractivity contribution is 0.281. The van der Waals surface area contributed by atoms with Crippen molar-refractivity contribution in [3.63, 3.8) is 0 Å². The molecule has 0 aliphatic rings. The molecule has 2 N–H and O–H groups in total. The molecule has 20 heavy (non-hydrogen) atoms. The highest BCUT2D eigenvalue weighted by molar-refractivity contribution is 7.89. The van der Waals surface area contributed by atoms with Gasteiger partial charge in [-0.25, -0.2) is 13.1 Å². The zero-order valence-electron chi connectivity index (χ0n) is 10.7. The number of rotatable bonds is 5. The predicted molar refractivity (Wildman–Crippen MR) is 80.4 cm³/mol.